The van der Waals surface area contributed by atoms with E-state index in [9.17, 15) is 0 Å². The Morgan fingerprint density at radius 1 is 1.17 bits per heavy atom. The van der Waals surface area contributed by atoms with Crippen LogP contribution in [0, 0.1) is 18.3 Å². The normalized spacial score (nSPS) is 9.83. The van der Waals surface area contributed by atoms with Crippen molar-refractivity contribution in [3.8, 4) is 6.07 Å². The number of aromatic nitrogens is 1. The molecule has 2 rings (SSSR count). The molecular formula is C14H14N4. The molecule has 4 heteroatoms. The van der Waals surface area contributed by atoms with Crippen LogP contribution in [0.3, 0.4) is 0 Å². The number of anilines is 3. The van der Waals surface area contributed by atoms with Crippen molar-refractivity contribution in [3.05, 3.63) is 47.7 Å². The Morgan fingerprint density at radius 2 is 1.83 bits per heavy atom. The van der Waals surface area contributed by atoms with Gasteiger partial charge in [-0.15, -0.1) is 0 Å². The summed E-state index contributed by atoms with van der Waals surface area (Å²) in [7, 11) is 1.91. The van der Waals surface area contributed by atoms with Crippen molar-refractivity contribution < 1.29 is 0 Å². The third kappa shape index (κ3) is 2.25. The average molecular weight is 238 g/mol. The van der Waals surface area contributed by atoms with Gasteiger partial charge in [0.1, 0.15) is 11.9 Å². The Labute approximate surface area is 106 Å². The van der Waals surface area contributed by atoms with Crippen LogP contribution in [0.4, 0.5) is 17.2 Å². The minimum Gasteiger partial charge on any atom is -0.396 e. The molecule has 2 aromatic rings. The molecule has 0 aliphatic rings. The highest BCUT2D eigenvalue weighted by atomic mass is 15.2. The van der Waals surface area contributed by atoms with E-state index in [1.165, 1.54) is 5.56 Å². The van der Waals surface area contributed by atoms with Crippen molar-refractivity contribution in [2.75, 3.05) is 17.7 Å². The Kier molecular flexibility index (Phi) is 3.16. The van der Waals surface area contributed by atoms with Gasteiger partial charge in [0, 0.05) is 12.7 Å². The molecule has 0 fully saturated rings. The molecule has 4 nitrogen and oxygen atoms in total. The van der Waals surface area contributed by atoms with E-state index in [1.54, 1.807) is 12.1 Å². The number of hydrogen-bond donors (Lipinski definition) is 1. The second-order valence-electron chi connectivity index (χ2n) is 4.11. The van der Waals surface area contributed by atoms with Crippen LogP contribution in [-0.4, -0.2) is 12.0 Å². The molecule has 0 amide bonds. The number of nitrogen functional groups attached to an aromatic ring is 1. The predicted octanol–water partition coefficient (Wildman–Crippen LogP) is 2.61. The fourth-order valence-electron chi connectivity index (χ4n) is 1.64. The van der Waals surface area contributed by atoms with E-state index in [-0.39, 0.29) is 5.69 Å². The lowest BCUT2D eigenvalue weighted by Crippen LogP contribution is -2.12. The SMILES string of the molecule is Cc1ccc(N(C)c2ccc(N)c(C#N)n2)cc1. The topological polar surface area (TPSA) is 65.9 Å². The molecule has 0 aliphatic carbocycles. The number of rotatable bonds is 2. The number of benzene rings is 1. The van der Waals surface area contributed by atoms with E-state index in [0.29, 0.717) is 11.5 Å². The smallest absolute Gasteiger partial charge is 0.165 e. The lowest BCUT2D eigenvalue weighted by molar-refractivity contribution is 1.11. The van der Waals surface area contributed by atoms with Gasteiger partial charge in [0.05, 0.1) is 5.69 Å². The molecule has 0 saturated heterocycles. The Bertz CT molecular complexity index is 596. The van der Waals surface area contributed by atoms with E-state index in [1.807, 2.05) is 49.2 Å². The molecule has 1 aromatic carbocycles. The summed E-state index contributed by atoms with van der Waals surface area (Å²) in [6.45, 7) is 2.04. The first-order chi connectivity index (χ1) is 8.61. The molecule has 0 spiro atoms. The van der Waals surface area contributed by atoms with Gasteiger partial charge in [-0.05, 0) is 31.2 Å². The van der Waals surface area contributed by atoms with Gasteiger partial charge in [0.15, 0.2) is 5.69 Å². The van der Waals surface area contributed by atoms with Crippen LogP contribution in [0.1, 0.15) is 11.3 Å². The Hall–Kier alpha value is -2.54. The van der Waals surface area contributed by atoms with Crippen molar-refractivity contribution in [2.24, 2.45) is 0 Å². The maximum atomic E-state index is 8.92. The fourth-order valence-corrected chi connectivity index (χ4v) is 1.64. The highest BCUT2D eigenvalue weighted by Gasteiger charge is 2.08. The van der Waals surface area contributed by atoms with E-state index in [4.69, 9.17) is 11.0 Å². The van der Waals surface area contributed by atoms with Crippen molar-refractivity contribution in [3.63, 3.8) is 0 Å². The molecule has 0 unspecified atom stereocenters. The highest BCUT2D eigenvalue weighted by Crippen LogP contribution is 2.23. The summed E-state index contributed by atoms with van der Waals surface area (Å²) >= 11 is 0. The zero-order chi connectivity index (χ0) is 13.1. The lowest BCUT2D eigenvalue weighted by Gasteiger charge is -2.18. The summed E-state index contributed by atoms with van der Waals surface area (Å²) in [5.41, 5.74) is 8.53. The first kappa shape index (κ1) is 11.9. The maximum Gasteiger partial charge on any atom is 0.165 e. The van der Waals surface area contributed by atoms with Gasteiger partial charge in [-0.3, -0.25) is 0 Å². The number of nitrogens with zero attached hydrogens (tertiary/aromatic N) is 3. The third-order valence-corrected chi connectivity index (χ3v) is 2.78. The minimum atomic E-state index is 0.256. The summed E-state index contributed by atoms with van der Waals surface area (Å²) in [5, 5.41) is 8.92. The summed E-state index contributed by atoms with van der Waals surface area (Å²) in [6.07, 6.45) is 0. The van der Waals surface area contributed by atoms with Gasteiger partial charge >= 0.3 is 0 Å². The molecule has 0 radical (unpaired) electrons. The summed E-state index contributed by atoms with van der Waals surface area (Å²) in [5.74, 6) is 0.699. The molecule has 90 valence electrons. The summed E-state index contributed by atoms with van der Waals surface area (Å²) in [6, 6.07) is 13.6. The van der Waals surface area contributed by atoms with Gasteiger partial charge in [0.2, 0.25) is 0 Å². The van der Waals surface area contributed by atoms with Crippen LogP contribution < -0.4 is 10.6 Å². The number of nitrogens with two attached hydrogens (primary N) is 1. The van der Waals surface area contributed by atoms with Gasteiger partial charge in [-0.2, -0.15) is 5.26 Å². The van der Waals surface area contributed by atoms with Crippen molar-refractivity contribution >= 4 is 17.2 Å². The van der Waals surface area contributed by atoms with Crippen molar-refractivity contribution in [1.29, 1.82) is 5.26 Å². The molecule has 0 atom stereocenters. The molecule has 18 heavy (non-hydrogen) atoms. The molecule has 0 aliphatic heterocycles. The molecule has 1 aromatic heterocycles. The first-order valence-electron chi connectivity index (χ1n) is 5.59. The van der Waals surface area contributed by atoms with Gasteiger partial charge in [-0.25, -0.2) is 4.98 Å². The van der Waals surface area contributed by atoms with Crippen LogP contribution in [0.15, 0.2) is 36.4 Å². The molecule has 0 saturated carbocycles. The van der Waals surface area contributed by atoms with Crippen LogP contribution >= 0.6 is 0 Å². The van der Waals surface area contributed by atoms with Crippen LogP contribution in [0.2, 0.25) is 0 Å². The second kappa shape index (κ2) is 4.76. The number of pyridine rings is 1. The summed E-state index contributed by atoms with van der Waals surface area (Å²) in [4.78, 5) is 6.15. The van der Waals surface area contributed by atoms with Gasteiger partial charge in [0.25, 0.3) is 0 Å². The summed E-state index contributed by atoms with van der Waals surface area (Å²) < 4.78 is 0. The largest absolute Gasteiger partial charge is 0.396 e. The standard InChI is InChI=1S/C14H14N4/c1-10-3-5-11(6-4-10)18(2)14-8-7-12(16)13(9-15)17-14/h3-8H,16H2,1-2H3. The predicted molar refractivity (Wildman–Crippen MR) is 72.6 cm³/mol. The quantitative estimate of drug-likeness (QED) is 0.873. The average Bonchev–Trinajstić information content (AvgIpc) is 2.39. The van der Waals surface area contributed by atoms with E-state index in [0.717, 1.165) is 5.69 Å². The monoisotopic (exact) mass is 238 g/mol. The van der Waals surface area contributed by atoms with E-state index < -0.39 is 0 Å². The number of aryl methyl sites for hydroxylation is 1. The van der Waals surface area contributed by atoms with Crippen LogP contribution in [-0.2, 0) is 0 Å². The highest BCUT2D eigenvalue weighted by molar-refractivity contribution is 5.63. The first-order valence-corrected chi connectivity index (χ1v) is 5.59. The minimum absolute atomic E-state index is 0.256. The van der Waals surface area contributed by atoms with Crippen molar-refractivity contribution in [2.45, 2.75) is 6.92 Å². The van der Waals surface area contributed by atoms with Gasteiger partial charge in [-0.1, -0.05) is 17.7 Å². The number of hydrogen-bond acceptors (Lipinski definition) is 4. The lowest BCUT2D eigenvalue weighted by atomic mass is 10.2. The maximum absolute atomic E-state index is 8.92. The van der Waals surface area contributed by atoms with Crippen LogP contribution in [0.25, 0.3) is 0 Å². The zero-order valence-corrected chi connectivity index (χ0v) is 10.4. The fraction of sp³-hybridized carbons (Fsp3) is 0.143. The van der Waals surface area contributed by atoms with Crippen molar-refractivity contribution in [1.82, 2.24) is 4.98 Å². The molecular weight excluding hydrogens is 224 g/mol. The zero-order valence-electron chi connectivity index (χ0n) is 10.4. The third-order valence-electron chi connectivity index (χ3n) is 2.78. The molecule has 2 N–H and O–H groups in total. The number of nitriles is 1. The molecule has 0 bridgehead atoms. The Balaban J connectivity index is 2.37. The Morgan fingerprint density at radius 3 is 2.44 bits per heavy atom. The van der Waals surface area contributed by atoms with E-state index in [2.05, 4.69) is 4.98 Å². The van der Waals surface area contributed by atoms with Gasteiger partial charge < -0.3 is 10.6 Å². The van der Waals surface area contributed by atoms with Crippen LogP contribution in [0.5, 0.6) is 0 Å². The molecule has 1 heterocycles. The second-order valence-corrected chi connectivity index (χ2v) is 4.11. The van der Waals surface area contributed by atoms with E-state index >= 15 is 0 Å².